The number of carbonyl (C=O) groups is 1. The Bertz CT molecular complexity index is 1080. The van der Waals surface area contributed by atoms with Crippen molar-refractivity contribution in [2.75, 3.05) is 23.0 Å². The standard InChI is InChI=1S/C22H24ClN5O4/c23-14-6-3-7-15-17(14)27(11-13-5-4-10-31-13)20(29)18-16(24-12-28(15)18)19-25-21(26-32-19)22(30)8-1-2-9-22/h3,6-7,12-13,16,18,30H,1-2,4-5,8-11H2. The number of hydrogen-bond acceptors (Lipinski definition) is 8. The van der Waals surface area contributed by atoms with Gasteiger partial charge in [0.15, 0.2) is 6.04 Å². The molecular formula is C22H24ClN5O4. The van der Waals surface area contributed by atoms with E-state index < -0.39 is 17.7 Å². The molecule has 1 aromatic heterocycles. The zero-order chi connectivity index (χ0) is 21.9. The van der Waals surface area contributed by atoms with Crippen molar-refractivity contribution < 1.29 is 19.2 Å². The number of aliphatic hydroxyl groups is 1. The molecule has 3 unspecified atom stereocenters. The van der Waals surface area contributed by atoms with Crippen molar-refractivity contribution in [2.24, 2.45) is 4.99 Å². The molecule has 6 rings (SSSR count). The lowest BCUT2D eigenvalue weighted by atomic mass is 10.00. The average Bonchev–Trinajstić information content (AvgIpc) is 3.58. The van der Waals surface area contributed by atoms with E-state index in [1.54, 1.807) is 17.3 Å². The highest BCUT2D eigenvalue weighted by Gasteiger charge is 2.49. The fraction of sp³-hybridized carbons (Fsp3) is 0.545. The molecule has 2 aromatic rings. The van der Waals surface area contributed by atoms with Gasteiger partial charge in [-0.2, -0.15) is 4.98 Å². The van der Waals surface area contributed by atoms with Gasteiger partial charge in [-0.1, -0.05) is 22.8 Å². The van der Waals surface area contributed by atoms with Crippen LogP contribution in [0.3, 0.4) is 0 Å². The molecular weight excluding hydrogens is 434 g/mol. The number of fused-ring (bicyclic) bond motifs is 3. The van der Waals surface area contributed by atoms with Gasteiger partial charge < -0.3 is 24.2 Å². The third-order valence-electron chi connectivity index (χ3n) is 6.93. The Labute approximate surface area is 190 Å². The normalized spacial score (nSPS) is 28.4. The van der Waals surface area contributed by atoms with E-state index in [0.717, 1.165) is 31.4 Å². The highest BCUT2D eigenvalue weighted by molar-refractivity contribution is 6.35. The lowest BCUT2D eigenvalue weighted by Gasteiger charge is -2.40. The molecule has 0 bridgehead atoms. The maximum atomic E-state index is 13.8. The van der Waals surface area contributed by atoms with Crippen LogP contribution < -0.4 is 9.80 Å². The maximum Gasteiger partial charge on any atom is 0.254 e. The Morgan fingerprint density at radius 1 is 1.25 bits per heavy atom. The first-order chi connectivity index (χ1) is 15.5. The minimum atomic E-state index is -1.06. The van der Waals surface area contributed by atoms with Crippen molar-refractivity contribution in [1.82, 2.24) is 10.1 Å². The number of ether oxygens (including phenoxy) is 1. The smallest absolute Gasteiger partial charge is 0.254 e. The topological polar surface area (TPSA) is 104 Å². The predicted molar refractivity (Wildman–Crippen MR) is 117 cm³/mol. The molecule has 10 heteroatoms. The van der Waals surface area contributed by atoms with Crippen LogP contribution in [-0.4, -0.2) is 52.8 Å². The van der Waals surface area contributed by atoms with E-state index in [1.165, 1.54) is 0 Å². The lowest BCUT2D eigenvalue weighted by Crippen LogP contribution is -2.54. The number of carbonyl (C=O) groups excluding carboxylic acids is 1. The minimum Gasteiger partial charge on any atom is -0.382 e. The van der Waals surface area contributed by atoms with E-state index in [2.05, 4.69) is 15.1 Å². The van der Waals surface area contributed by atoms with Crippen molar-refractivity contribution in [3.05, 3.63) is 34.9 Å². The van der Waals surface area contributed by atoms with Gasteiger partial charge in [0.25, 0.3) is 11.8 Å². The van der Waals surface area contributed by atoms with E-state index in [0.29, 0.717) is 36.7 Å². The summed E-state index contributed by atoms with van der Waals surface area (Å²) >= 11 is 6.55. The van der Waals surface area contributed by atoms with Gasteiger partial charge in [0.05, 0.1) is 35.4 Å². The minimum absolute atomic E-state index is 0.0259. The van der Waals surface area contributed by atoms with Crippen molar-refractivity contribution in [3.8, 4) is 0 Å². The summed E-state index contributed by atoms with van der Waals surface area (Å²) in [6.45, 7) is 1.14. The van der Waals surface area contributed by atoms with Gasteiger partial charge in [0.2, 0.25) is 5.82 Å². The number of anilines is 2. The summed E-state index contributed by atoms with van der Waals surface area (Å²) in [5.41, 5.74) is 0.414. The molecule has 4 heterocycles. The molecule has 1 N–H and O–H groups in total. The number of aliphatic imine (C=N–C) groups is 1. The van der Waals surface area contributed by atoms with Gasteiger partial charge in [-0.05, 0) is 50.7 Å². The SMILES string of the molecule is O=C1C2C(c3nc(C4(O)CCCC4)no3)N=CN2c2cccc(Cl)c2N1CC1CCCO1. The second-order valence-electron chi connectivity index (χ2n) is 8.95. The van der Waals surface area contributed by atoms with Crippen LogP contribution in [0.15, 0.2) is 27.7 Å². The van der Waals surface area contributed by atoms with E-state index >= 15 is 0 Å². The Balaban J connectivity index is 1.36. The number of amides is 1. The average molecular weight is 458 g/mol. The number of halogens is 1. The summed E-state index contributed by atoms with van der Waals surface area (Å²) < 4.78 is 11.3. The van der Waals surface area contributed by atoms with Gasteiger partial charge in [-0.25, -0.2) is 0 Å². The van der Waals surface area contributed by atoms with Gasteiger partial charge in [0.1, 0.15) is 11.6 Å². The lowest BCUT2D eigenvalue weighted by molar-refractivity contribution is -0.120. The van der Waals surface area contributed by atoms with Crippen LogP contribution in [0.25, 0.3) is 0 Å². The highest BCUT2D eigenvalue weighted by atomic mass is 35.5. The summed E-state index contributed by atoms with van der Waals surface area (Å²) in [5.74, 6) is 0.379. The molecule has 3 aliphatic heterocycles. The summed E-state index contributed by atoms with van der Waals surface area (Å²) in [4.78, 5) is 26.4. The molecule has 1 aliphatic carbocycles. The van der Waals surface area contributed by atoms with E-state index in [4.69, 9.17) is 20.9 Å². The Hall–Kier alpha value is -2.49. The molecule has 1 saturated carbocycles. The number of rotatable bonds is 4. The summed E-state index contributed by atoms with van der Waals surface area (Å²) in [6.07, 6.45) is 6.56. The summed E-state index contributed by atoms with van der Waals surface area (Å²) in [7, 11) is 0. The van der Waals surface area contributed by atoms with E-state index in [-0.39, 0.29) is 23.7 Å². The van der Waals surface area contributed by atoms with Crippen LogP contribution in [0, 0.1) is 0 Å². The first-order valence-corrected chi connectivity index (χ1v) is 11.5. The highest BCUT2D eigenvalue weighted by Crippen LogP contribution is 2.46. The van der Waals surface area contributed by atoms with Crippen molar-refractivity contribution in [2.45, 2.75) is 62.3 Å². The second kappa shape index (κ2) is 7.54. The zero-order valence-electron chi connectivity index (χ0n) is 17.5. The van der Waals surface area contributed by atoms with E-state index in [9.17, 15) is 9.90 Å². The molecule has 4 aliphatic rings. The van der Waals surface area contributed by atoms with Crippen LogP contribution in [0.2, 0.25) is 5.02 Å². The molecule has 2 fully saturated rings. The first kappa shape index (κ1) is 20.1. The molecule has 0 radical (unpaired) electrons. The van der Waals surface area contributed by atoms with Crippen molar-refractivity contribution in [3.63, 3.8) is 0 Å². The first-order valence-electron chi connectivity index (χ1n) is 11.1. The number of hydrogen-bond donors (Lipinski definition) is 1. The van der Waals surface area contributed by atoms with E-state index in [1.807, 2.05) is 17.0 Å². The molecule has 3 atom stereocenters. The Kier molecular flexibility index (Phi) is 4.74. The molecule has 1 amide bonds. The number of benzene rings is 1. The quantitative estimate of drug-likeness (QED) is 0.752. The number of para-hydroxylation sites is 1. The van der Waals surface area contributed by atoms with Crippen LogP contribution in [-0.2, 0) is 15.1 Å². The van der Waals surface area contributed by atoms with Gasteiger partial charge in [0, 0.05) is 6.61 Å². The van der Waals surface area contributed by atoms with Gasteiger partial charge in [-0.15, -0.1) is 0 Å². The monoisotopic (exact) mass is 457 g/mol. The third kappa shape index (κ3) is 3.06. The molecule has 1 aromatic carbocycles. The number of aromatic nitrogens is 2. The number of nitrogens with zero attached hydrogens (tertiary/aromatic N) is 5. The fourth-order valence-corrected chi connectivity index (χ4v) is 5.54. The predicted octanol–water partition coefficient (Wildman–Crippen LogP) is 2.97. The molecule has 1 saturated heterocycles. The largest absolute Gasteiger partial charge is 0.382 e. The van der Waals surface area contributed by atoms with Gasteiger partial charge >= 0.3 is 0 Å². The Morgan fingerprint density at radius 3 is 2.88 bits per heavy atom. The molecule has 32 heavy (non-hydrogen) atoms. The third-order valence-corrected chi connectivity index (χ3v) is 7.24. The fourth-order valence-electron chi connectivity index (χ4n) is 5.26. The second-order valence-corrected chi connectivity index (χ2v) is 9.36. The molecule has 9 nitrogen and oxygen atoms in total. The maximum absolute atomic E-state index is 13.8. The van der Waals surface area contributed by atoms with Crippen LogP contribution >= 0.6 is 11.6 Å². The summed E-state index contributed by atoms with van der Waals surface area (Å²) in [6, 6.07) is 4.26. The zero-order valence-corrected chi connectivity index (χ0v) is 18.2. The van der Waals surface area contributed by atoms with Crippen LogP contribution in [0.1, 0.15) is 56.3 Å². The van der Waals surface area contributed by atoms with Crippen LogP contribution in [0.4, 0.5) is 11.4 Å². The van der Waals surface area contributed by atoms with Crippen LogP contribution in [0.5, 0.6) is 0 Å². The summed E-state index contributed by atoms with van der Waals surface area (Å²) in [5, 5.41) is 15.4. The molecule has 0 spiro atoms. The van der Waals surface area contributed by atoms with Crippen molar-refractivity contribution >= 4 is 35.2 Å². The molecule has 168 valence electrons. The Morgan fingerprint density at radius 2 is 2.09 bits per heavy atom. The van der Waals surface area contributed by atoms with Crippen molar-refractivity contribution in [1.29, 1.82) is 0 Å². The van der Waals surface area contributed by atoms with Gasteiger partial charge in [-0.3, -0.25) is 9.79 Å².